The quantitative estimate of drug-likeness (QED) is 0.806. The molecule has 0 radical (unpaired) electrons. The Bertz CT molecular complexity index is 841. The van der Waals surface area contributed by atoms with Crippen molar-refractivity contribution in [1.29, 1.82) is 0 Å². The molecule has 0 fully saturated rings. The van der Waals surface area contributed by atoms with Crippen LogP contribution < -0.4 is 0 Å². The van der Waals surface area contributed by atoms with E-state index < -0.39 is 5.97 Å². The van der Waals surface area contributed by atoms with Crippen LogP contribution in [0, 0.1) is 12.7 Å². The number of nitrogens with zero attached hydrogens (tertiary/aromatic N) is 3. The highest BCUT2D eigenvalue weighted by molar-refractivity contribution is 5.84. The molecule has 0 atom stereocenters. The third kappa shape index (κ3) is 2.58. The molecule has 3 rings (SSSR count). The van der Waals surface area contributed by atoms with E-state index in [4.69, 9.17) is 5.11 Å². The van der Waals surface area contributed by atoms with Gasteiger partial charge in [0.2, 0.25) is 0 Å². The molecule has 0 spiro atoms. The summed E-state index contributed by atoms with van der Waals surface area (Å²) in [6.07, 6.45) is 0. The molecule has 110 valence electrons. The summed E-state index contributed by atoms with van der Waals surface area (Å²) in [5.74, 6) is -1.54. The van der Waals surface area contributed by atoms with E-state index in [-0.39, 0.29) is 11.6 Å². The van der Waals surface area contributed by atoms with Crippen molar-refractivity contribution < 1.29 is 14.3 Å². The number of carbonyl (C=O) groups is 1. The minimum atomic E-state index is -1.21. The van der Waals surface area contributed by atoms with Gasteiger partial charge in [-0.1, -0.05) is 12.1 Å². The Morgan fingerprint density at radius 1 is 1.18 bits per heavy atom. The number of halogens is 1. The van der Waals surface area contributed by atoms with Crippen molar-refractivity contribution in [3.05, 3.63) is 65.7 Å². The SMILES string of the molecule is Cc1cccc(-n2nc(C(=O)O)nc2-c2ccc(F)cc2)c1. The first-order chi connectivity index (χ1) is 10.5. The Balaban J connectivity index is 2.20. The van der Waals surface area contributed by atoms with Crippen molar-refractivity contribution in [2.45, 2.75) is 6.92 Å². The molecule has 0 aliphatic rings. The molecule has 6 heteroatoms. The predicted molar refractivity (Wildman–Crippen MR) is 78.4 cm³/mol. The van der Waals surface area contributed by atoms with Crippen molar-refractivity contribution in [1.82, 2.24) is 14.8 Å². The predicted octanol–water partition coefficient (Wildman–Crippen LogP) is 3.08. The van der Waals surface area contributed by atoms with Crippen LogP contribution in [-0.2, 0) is 0 Å². The number of hydrogen-bond acceptors (Lipinski definition) is 3. The molecule has 0 aliphatic heterocycles. The molecule has 1 aromatic heterocycles. The molecule has 2 aromatic carbocycles. The van der Waals surface area contributed by atoms with Gasteiger partial charge < -0.3 is 5.11 Å². The molecule has 0 aliphatic carbocycles. The average molecular weight is 297 g/mol. The van der Waals surface area contributed by atoms with Crippen LogP contribution in [0.3, 0.4) is 0 Å². The Kier molecular flexibility index (Phi) is 3.42. The number of aromatic carboxylic acids is 1. The highest BCUT2D eigenvalue weighted by Crippen LogP contribution is 2.22. The monoisotopic (exact) mass is 297 g/mol. The first-order valence-corrected chi connectivity index (χ1v) is 6.58. The van der Waals surface area contributed by atoms with E-state index in [1.165, 1.54) is 28.9 Å². The smallest absolute Gasteiger partial charge is 0.375 e. The van der Waals surface area contributed by atoms with Gasteiger partial charge in [0.15, 0.2) is 5.82 Å². The summed E-state index contributed by atoms with van der Waals surface area (Å²) >= 11 is 0. The molecule has 0 saturated heterocycles. The molecule has 0 amide bonds. The Morgan fingerprint density at radius 2 is 1.91 bits per heavy atom. The molecular weight excluding hydrogens is 285 g/mol. The Hall–Kier alpha value is -3.02. The Labute approximate surface area is 125 Å². The second-order valence-electron chi connectivity index (χ2n) is 4.82. The minimum Gasteiger partial charge on any atom is -0.475 e. The van der Waals surface area contributed by atoms with E-state index in [1.54, 1.807) is 6.07 Å². The van der Waals surface area contributed by atoms with Crippen LogP contribution in [0.4, 0.5) is 4.39 Å². The number of benzene rings is 2. The van der Waals surface area contributed by atoms with Gasteiger partial charge in [-0.05, 0) is 48.9 Å². The molecule has 3 aromatic rings. The van der Waals surface area contributed by atoms with Gasteiger partial charge in [0.05, 0.1) is 5.69 Å². The maximum Gasteiger partial charge on any atom is 0.375 e. The number of carboxylic acids is 1. The maximum atomic E-state index is 13.1. The van der Waals surface area contributed by atoms with Crippen molar-refractivity contribution in [3.63, 3.8) is 0 Å². The summed E-state index contributed by atoms with van der Waals surface area (Å²) < 4.78 is 14.5. The van der Waals surface area contributed by atoms with E-state index in [0.29, 0.717) is 17.1 Å². The fourth-order valence-corrected chi connectivity index (χ4v) is 2.13. The lowest BCUT2D eigenvalue weighted by molar-refractivity contribution is 0.0683. The van der Waals surface area contributed by atoms with Crippen LogP contribution in [-0.4, -0.2) is 25.8 Å². The van der Waals surface area contributed by atoms with Crippen molar-refractivity contribution in [3.8, 4) is 17.1 Å². The minimum absolute atomic E-state index is 0.305. The van der Waals surface area contributed by atoms with Crippen LogP contribution in [0.5, 0.6) is 0 Å². The zero-order valence-electron chi connectivity index (χ0n) is 11.7. The highest BCUT2D eigenvalue weighted by atomic mass is 19.1. The fraction of sp³-hybridized carbons (Fsp3) is 0.0625. The van der Waals surface area contributed by atoms with Gasteiger partial charge in [0.25, 0.3) is 5.82 Å². The third-order valence-electron chi connectivity index (χ3n) is 3.15. The average Bonchev–Trinajstić information content (AvgIpc) is 2.93. The normalized spacial score (nSPS) is 10.6. The first kappa shape index (κ1) is 13.9. The largest absolute Gasteiger partial charge is 0.475 e. The zero-order chi connectivity index (χ0) is 15.7. The summed E-state index contributed by atoms with van der Waals surface area (Å²) in [5, 5.41) is 13.1. The number of aryl methyl sites for hydroxylation is 1. The summed E-state index contributed by atoms with van der Waals surface area (Å²) in [7, 11) is 0. The molecule has 0 bridgehead atoms. The molecule has 1 heterocycles. The molecule has 0 unspecified atom stereocenters. The lowest BCUT2D eigenvalue weighted by atomic mass is 10.2. The van der Waals surface area contributed by atoms with Crippen LogP contribution in [0.2, 0.25) is 0 Å². The standard InChI is InChI=1S/C16H12FN3O2/c1-10-3-2-4-13(9-10)20-15(18-14(19-20)16(21)22)11-5-7-12(17)8-6-11/h2-9H,1H3,(H,21,22). The molecule has 5 nitrogen and oxygen atoms in total. The lowest BCUT2D eigenvalue weighted by Crippen LogP contribution is -2.02. The van der Waals surface area contributed by atoms with Crippen molar-refractivity contribution in [2.75, 3.05) is 0 Å². The van der Waals surface area contributed by atoms with Gasteiger partial charge in [-0.2, -0.15) is 0 Å². The van der Waals surface area contributed by atoms with E-state index in [0.717, 1.165) is 5.56 Å². The summed E-state index contributed by atoms with van der Waals surface area (Å²) in [4.78, 5) is 15.2. The zero-order valence-corrected chi connectivity index (χ0v) is 11.7. The van der Waals surface area contributed by atoms with Crippen LogP contribution in [0.15, 0.2) is 48.5 Å². The van der Waals surface area contributed by atoms with Gasteiger partial charge >= 0.3 is 5.97 Å². The number of aromatic nitrogens is 3. The van der Waals surface area contributed by atoms with E-state index in [1.807, 2.05) is 25.1 Å². The topological polar surface area (TPSA) is 68.0 Å². The highest BCUT2D eigenvalue weighted by Gasteiger charge is 2.18. The maximum absolute atomic E-state index is 13.1. The summed E-state index contributed by atoms with van der Waals surface area (Å²) in [6, 6.07) is 13.1. The van der Waals surface area contributed by atoms with Gasteiger partial charge in [0.1, 0.15) is 5.82 Å². The molecule has 22 heavy (non-hydrogen) atoms. The number of carboxylic acid groups (broad SMARTS) is 1. The Morgan fingerprint density at radius 3 is 2.55 bits per heavy atom. The van der Waals surface area contributed by atoms with Crippen molar-refractivity contribution in [2.24, 2.45) is 0 Å². The number of hydrogen-bond donors (Lipinski definition) is 1. The molecule has 1 N–H and O–H groups in total. The van der Waals surface area contributed by atoms with Gasteiger partial charge in [-0.25, -0.2) is 18.9 Å². The van der Waals surface area contributed by atoms with Gasteiger partial charge in [-0.15, -0.1) is 5.10 Å². The van der Waals surface area contributed by atoms with E-state index in [2.05, 4.69) is 10.1 Å². The van der Waals surface area contributed by atoms with Gasteiger partial charge in [0, 0.05) is 5.56 Å². The lowest BCUT2D eigenvalue weighted by Gasteiger charge is -2.06. The second-order valence-corrected chi connectivity index (χ2v) is 4.82. The van der Waals surface area contributed by atoms with Crippen molar-refractivity contribution >= 4 is 5.97 Å². The molecule has 0 saturated carbocycles. The van der Waals surface area contributed by atoms with Crippen LogP contribution >= 0.6 is 0 Å². The van der Waals surface area contributed by atoms with Gasteiger partial charge in [-0.3, -0.25) is 0 Å². The third-order valence-corrected chi connectivity index (χ3v) is 3.15. The second kappa shape index (κ2) is 5.40. The fourth-order valence-electron chi connectivity index (χ4n) is 2.13. The first-order valence-electron chi connectivity index (χ1n) is 6.58. The van der Waals surface area contributed by atoms with Crippen LogP contribution in [0.25, 0.3) is 17.1 Å². The summed E-state index contributed by atoms with van der Waals surface area (Å²) in [5.41, 5.74) is 2.29. The summed E-state index contributed by atoms with van der Waals surface area (Å²) in [6.45, 7) is 1.93. The van der Waals surface area contributed by atoms with Crippen LogP contribution in [0.1, 0.15) is 16.2 Å². The van der Waals surface area contributed by atoms with E-state index >= 15 is 0 Å². The van der Waals surface area contributed by atoms with E-state index in [9.17, 15) is 9.18 Å². The number of rotatable bonds is 3. The molecular formula is C16H12FN3O2.